The molecule has 11 heteroatoms. The van der Waals surface area contributed by atoms with Crippen LogP contribution < -0.4 is 0 Å². The van der Waals surface area contributed by atoms with Gasteiger partial charge < -0.3 is 14.2 Å². The van der Waals surface area contributed by atoms with Crippen LogP contribution in [0.3, 0.4) is 0 Å². The molecule has 2 atom stereocenters. The quantitative estimate of drug-likeness (QED) is 0.504. The average molecular weight is 400 g/mol. The Hall–Kier alpha value is -1.33. The summed E-state index contributed by atoms with van der Waals surface area (Å²) in [6, 6.07) is 0. The van der Waals surface area contributed by atoms with E-state index in [-0.39, 0.29) is 18.4 Å². The van der Waals surface area contributed by atoms with E-state index in [4.69, 9.17) is 14.0 Å². The minimum Gasteiger partial charge on any atom is -0.465 e. The van der Waals surface area contributed by atoms with Crippen LogP contribution >= 0.6 is 0 Å². The second kappa shape index (κ2) is 7.73. The van der Waals surface area contributed by atoms with Crippen molar-refractivity contribution in [3.8, 4) is 0 Å². The van der Waals surface area contributed by atoms with E-state index >= 15 is 0 Å². The molecule has 0 aromatic heterocycles. The Morgan fingerprint density at radius 3 is 2.08 bits per heavy atom. The van der Waals surface area contributed by atoms with E-state index < -0.39 is 45.8 Å². The van der Waals surface area contributed by atoms with Gasteiger partial charge in [-0.1, -0.05) is 19.8 Å². The fourth-order valence-electron chi connectivity index (χ4n) is 2.92. The zero-order valence-electron chi connectivity index (χ0n) is 14.3. The number of carbonyl (C=O) groups is 2. The first-order valence-electron chi connectivity index (χ1n) is 8.21. The molecule has 0 aromatic rings. The number of ether oxygens (including phenoxy) is 3. The molecule has 1 N–H and O–H groups in total. The lowest BCUT2D eigenvalue weighted by molar-refractivity contribution is -0.176. The summed E-state index contributed by atoms with van der Waals surface area (Å²) in [6.45, 7) is 1.12. The van der Waals surface area contributed by atoms with Crippen molar-refractivity contribution in [3.05, 3.63) is 0 Å². The molecule has 1 aliphatic heterocycles. The highest BCUT2D eigenvalue weighted by molar-refractivity contribution is 7.86. The summed E-state index contributed by atoms with van der Waals surface area (Å²) >= 11 is 0. The Balaban J connectivity index is 1.94. The van der Waals surface area contributed by atoms with Gasteiger partial charge in [-0.25, -0.2) is 0 Å². The highest BCUT2D eigenvalue weighted by Crippen LogP contribution is 2.34. The fraction of sp³-hybridized carbons (Fsp3) is 0.867. The largest absolute Gasteiger partial charge is 0.465 e. The smallest absolute Gasteiger partial charge is 0.402 e. The maximum Gasteiger partial charge on any atom is 0.402 e. The second-order valence-electron chi connectivity index (χ2n) is 7.13. The SMILES string of the molecule is CC1(COC(=O)C2CCCCC2C(=O)OCC(F)(F)S(=O)(=O)O)COC1. The lowest BCUT2D eigenvalue weighted by atomic mass is 9.79. The molecule has 0 bridgehead atoms. The Bertz CT molecular complexity index is 644. The monoisotopic (exact) mass is 400 g/mol. The van der Waals surface area contributed by atoms with Gasteiger partial charge in [-0.3, -0.25) is 14.1 Å². The number of rotatable bonds is 7. The molecular formula is C15H22F2O8S. The third-order valence-corrected chi connectivity index (χ3v) is 5.47. The normalized spacial score (nSPS) is 25.8. The number of hydrogen-bond acceptors (Lipinski definition) is 7. The molecule has 0 amide bonds. The van der Waals surface area contributed by atoms with E-state index in [1.807, 2.05) is 6.92 Å². The molecule has 2 rings (SSSR count). The van der Waals surface area contributed by atoms with E-state index in [2.05, 4.69) is 4.74 Å². The van der Waals surface area contributed by atoms with Crippen molar-refractivity contribution < 1.29 is 45.6 Å². The van der Waals surface area contributed by atoms with Crippen molar-refractivity contribution >= 4 is 22.1 Å². The fourth-order valence-corrected chi connectivity index (χ4v) is 3.13. The van der Waals surface area contributed by atoms with Crippen LogP contribution in [0.15, 0.2) is 0 Å². The van der Waals surface area contributed by atoms with Crippen LogP contribution in [0.5, 0.6) is 0 Å². The first-order chi connectivity index (χ1) is 12.0. The van der Waals surface area contributed by atoms with Gasteiger partial charge >= 0.3 is 27.3 Å². The molecule has 0 radical (unpaired) electrons. The molecule has 1 saturated carbocycles. The molecule has 8 nitrogen and oxygen atoms in total. The molecule has 150 valence electrons. The van der Waals surface area contributed by atoms with Gasteiger partial charge in [0.1, 0.15) is 6.61 Å². The Kier molecular flexibility index (Phi) is 6.24. The number of hydrogen-bond donors (Lipinski definition) is 1. The third kappa shape index (κ3) is 4.89. The lowest BCUT2D eigenvalue weighted by Gasteiger charge is -2.38. The van der Waals surface area contributed by atoms with Crippen LogP contribution in [-0.2, 0) is 33.9 Å². The molecule has 0 spiro atoms. The van der Waals surface area contributed by atoms with Crippen molar-refractivity contribution in [1.29, 1.82) is 0 Å². The van der Waals surface area contributed by atoms with E-state index in [1.165, 1.54) is 0 Å². The summed E-state index contributed by atoms with van der Waals surface area (Å²) in [5, 5.41) is -4.61. The van der Waals surface area contributed by atoms with Gasteiger partial charge in [0.2, 0.25) is 0 Å². The third-order valence-electron chi connectivity index (χ3n) is 4.60. The van der Waals surface area contributed by atoms with Gasteiger partial charge in [-0.2, -0.15) is 17.2 Å². The Morgan fingerprint density at radius 2 is 1.65 bits per heavy atom. The Labute approximate surface area is 149 Å². The van der Waals surface area contributed by atoms with Gasteiger partial charge in [-0.05, 0) is 12.8 Å². The highest BCUT2D eigenvalue weighted by atomic mass is 32.2. The van der Waals surface area contributed by atoms with Gasteiger partial charge in [0.15, 0.2) is 6.61 Å². The second-order valence-corrected chi connectivity index (χ2v) is 8.68. The summed E-state index contributed by atoms with van der Waals surface area (Å²) < 4.78 is 70.6. The van der Waals surface area contributed by atoms with Crippen LogP contribution in [0, 0.1) is 17.3 Å². The van der Waals surface area contributed by atoms with Crippen LogP contribution in [0.2, 0.25) is 0 Å². The number of carbonyl (C=O) groups excluding carboxylic acids is 2. The van der Waals surface area contributed by atoms with E-state index in [0.717, 1.165) is 0 Å². The summed E-state index contributed by atoms with van der Waals surface area (Å²) in [5.41, 5.74) is -0.266. The minimum absolute atomic E-state index is 0.130. The molecule has 1 saturated heterocycles. The molecule has 0 aromatic carbocycles. The highest BCUT2D eigenvalue weighted by Gasteiger charge is 2.47. The van der Waals surface area contributed by atoms with Crippen LogP contribution in [0.1, 0.15) is 32.6 Å². The van der Waals surface area contributed by atoms with Gasteiger partial charge in [0.25, 0.3) is 0 Å². The zero-order chi connectivity index (χ0) is 19.6. The standard InChI is InChI=1S/C15H22F2O8S/c1-14(6-23-7-14)8-24-12(18)10-4-2-3-5-11(10)13(19)25-9-15(16,17)26(20,21)22/h10-11H,2-9H2,1H3,(H,20,21,22). The van der Waals surface area contributed by atoms with Crippen molar-refractivity contribution in [2.24, 2.45) is 17.3 Å². The van der Waals surface area contributed by atoms with Crippen LogP contribution in [-0.4, -0.2) is 56.6 Å². The van der Waals surface area contributed by atoms with Gasteiger partial charge in [0, 0.05) is 5.41 Å². The van der Waals surface area contributed by atoms with Crippen molar-refractivity contribution in [1.82, 2.24) is 0 Å². The molecule has 2 aliphatic rings. The molecule has 2 unspecified atom stereocenters. The first-order valence-corrected chi connectivity index (χ1v) is 9.65. The summed E-state index contributed by atoms with van der Waals surface area (Å²) in [7, 11) is -5.69. The van der Waals surface area contributed by atoms with Crippen molar-refractivity contribution in [2.45, 2.75) is 37.9 Å². The number of alkyl halides is 2. The minimum atomic E-state index is -5.69. The van der Waals surface area contributed by atoms with Crippen molar-refractivity contribution in [3.63, 3.8) is 0 Å². The van der Waals surface area contributed by atoms with E-state index in [1.54, 1.807) is 0 Å². The lowest BCUT2D eigenvalue weighted by Crippen LogP contribution is -2.45. The van der Waals surface area contributed by atoms with Crippen LogP contribution in [0.4, 0.5) is 8.78 Å². The summed E-state index contributed by atoms with van der Waals surface area (Å²) in [5.74, 6) is -3.53. The molecule has 2 fully saturated rings. The number of halogens is 2. The van der Waals surface area contributed by atoms with Gasteiger partial charge in [0.05, 0.1) is 25.0 Å². The van der Waals surface area contributed by atoms with Gasteiger partial charge in [-0.15, -0.1) is 0 Å². The van der Waals surface area contributed by atoms with E-state index in [0.29, 0.717) is 32.5 Å². The molecule has 26 heavy (non-hydrogen) atoms. The van der Waals surface area contributed by atoms with Crippen molar-refractivity contribution in [2.75, 3.05) is 26.4 Å². The molecule has 1 aliphatic carbocycles. The average Bonchev–Trinajstić information content (AvgIpc) is 2.54. The predicted octanol–water partition coefficient (Wildman–Crippen LogP) is 1.40. The number of esters is 2. The summed E-state index contributed by atoms with van der Waals surface area (Å²) in [6.07, 6.45) is 1.87. The van der Waals surface area contributed by atoms with E-state index in [9.17, 15) is 26.8 Å². The molecular weight excluding hydrogens is 378 g/mol. The topological polar surface area (TPSA) is 116 Å². The maximum atomic E-state index is 13.2. The first kappa shape index (κ1) is 21.0. The molecule has 1 heterocycles. The Morgan fingerprint density at radius 1 is 1.15 bits per heavy atom. The predicted molar refractivity (Wildman–Crippen MR) is 82.8 cm³/mol. The van der Waals surface area contributed by atoms with Crippen LogP contribution in [0.25, 0.3) is 0 Å². The maximum absolute atomic E-state index is 13.2. The summed E-state index contributed by atoms with van der Waals surface area (Å²) in [4.78, 5) is 24.4. The zero-order valence-corrected chi connectivity index (χ0v) is 15.1.